The first-order chi connectivity index (χ1) is 16.4. The molecule has 0 saturated carbocycles. The third kappa shape index (κ3) is 2.75. The Morgan fingerprint density at radius 2 is 1.62 bits per heavy atom. The number of aromatic hydroxyl groups is 1. The van der Waals surface area contributed by atoms with Crippen molar-refractivity contribution < 1.29 is 23.9 Å². The van der Waals surface area contributed by atoms with Gasteiger partial charge in [-0.3, -0.25) is 19.7 Å². The number of nitrogens with zero attached hydrogens (tertiary/aromatic N) is 1. The van der Waals surface area contributed by atoms with Crippen molar-refractivity contribution in [3.05, 3.63) is 89.7 Å². The summed E-state index contributed by atoms with van der Waals surface area (Å²) >= 11 is 0. The zero-order valence-electron chi connectivity index (χ0n) is 17.9. The summed E-state index contributed by atoms with van der Waals surface area (Å²) in [6.45, 7) is 0. The molecule has 4 atom stereocenters. The highest BCUT2D eigenvalue weighted by atomic mass is 19.1. The number of carbonyl (C=O) groups excluding carboxylic acids is 3. The van der Waals surface area contributed by atoms with Crippen LogP contribution in [0.25, 0.3) is 0 Å². The summed E-state index contributed by atoms with van der Waals surface area (Å²) in [5, 5.41) is 15.9. The molecule has 8 heteroatoms. The Bertz CT molecular complexity index is 1340. The second kappa shape index (κ2) is 7.23. The van der Waals surface area contributed by atoms with Crippen molar-refractivity contribution in [2.45, 2.75) is 18.0 Å². The highest BCUT2D eigenvalue weighted by molar-refractivity contribution is 6.25. The first kappa shape index (κ1) is 20.6. The van der Waals surface area contributed by atoms with Crippen LogP contribution < -0.4 is 15.5 Å². The lowest BCUT2D eigenvalue weighted by molar-refractivity contribution is -0.130. The van der Waals surface area contributed by atoms with Crippen LogP contribution in [-0.4, -0.2) is 28.9 Å². The minimum atomic E-state index is -1.40. The first-order valence-electron chi connectivity index (χ1n) is 11.0. The summed E-state index contributed by atoms with van der Waals surface area (Å²) in [6.07, 6.45) is 0.370. The molecule has 0 aromatic heterocycles. The van der Waals surface area contributed by atoms with Crippen LogP contribution in [0.2, 0.25) is 0 Å². The molecule has 3 amide bonds. The van der Waals surface area contributed by atoms with E-state index in [1.165, 1.54) is 24.3 Å². The Morgan fingerprint density at radius 1 is 0.912 bits per heavy atom. The number of anilines is 2. The van der Waals surface area contributed by atoms with Gasteiger partial charge in [-0.05, 0) is 54.4 Å². The molecule has 34 heavy (non-hydrogen) atoms. The van der Waals surface area contributed by atoms with Gasteiger partial charge in [0.2, 0.25) is 17.7 Å². The van der Waals surface area contributed by atoms with Gasteiger partial charge in [0.25, 0.3) is 0 Å². The second-order valence-electron chi connectivity index (χ2n) is 8.92. The van der Waals surface area contributed by atoms with Crippen LogP contribution in [0.15, 0.2) is 72.8 Å². The quantitative estimate of drug-likeness (QED) is 0.526. The van der Waals surface area contributed by atoms with Gasteiger partial charge in [0.15, 0.2) is 0 Å². The number of nitrogens with one attached hydrogen (secondary N) is 2. The maximum atomic E-state index is 13.8. The smallest absolute Gasteiger partial charge is 0.250 e. The summed E-state index contributed by atoms with van der Waals surface area (Å²) < 4.78 is 13.5. The van der Waals surface area contributed by atoms with Crippen molar-refractivity contribution in [3.63, 3.8) is 0 Å². The first-order valence-corrected chi connectivity index (χ1v) is 11.0. The van der Waals surface area contributed by atoms with Crippen molar-refractivity contribution in [3.8, 4) is 5.75 Å². The number of hydrogen-bond donors (Lipinski definition) is 3. The number of phenolic OH excluding ortho intramolecular Hbond substituents is 1. The van der Waals surface area contributed by atoms with Gasteiger partial charge >= 0.3 is 0 Å². The number of halogens is 1. The van der Waals surface area contributed by atoms with E-state index in [-0.39, 0.29) is 17.3 Å². The lowest BCUT2D eigenvalue weighted by Gasteiger charge is -2.29. The number of phenols is 1. The Kier molecular flexibility index (Phi) is 4.37. The van der Waals surface area contributed by atoms with Crippen LogP contribution in [-0.2, 0) is 26.3 Å². The number of carbonyl (C=O) groups is 3. The minimum absolute atomic E-state index is 0.121. The van der Waals surface area contributed by atoms with Crippen molar-refractivity contribution >= 4 is 29.1 Å². The van der Waals surface area contributed by atoms with Crippen molar-refractivity contribution in [2.24, 2.45) is 11.8 Å². The molecule has 3 aromatic carbocycles. The van der Waals surface area contributed by atoms with Gasteiger partial charge in [-0.25, -0.2) is 9.29 Å². The molecule has 0 unspecified atom stereocenters. The predicted octanol–water partition coefficient (Wildman–Crippen LogP) is 2.70. The van der Waals surface area contributed by atoms with E-state index in [0.717, 1.165) is 10.5 Å². The normalized spacial score (nSPS) is 27.3. The van der Waals surface area contributed by atoms with Crippen molar-refractivity contribution in [2.75, 3.05) is 10.2 Å². The van der Waals surface area contributed by atoms with Crippen LogP contribution in [0.5, 0.6) is 5.75 Å². The van der Waals surface area contributed by atoms with Gasteiger partial charge in [-0.1, -0.05) is 30.3 Å². The van der Waals surface area contributed by atoms with E-state index in [0.29, 0.717) is 17.7 Å². The van der Waals surface area contributed by atoms with Gasteiger partial charge in [0.05, 0.1) is 17.5 Å². The van der Waals surface area contributed by atoms with Gasteiger partial charge < -0.3 is 10.4 Å². The van der Waals surface area contributed by atoms with E-state index in [9.17, 15) is 23.9 Å². The minimum Gasteiger partial charge on any atom is -0.508 e. The number of benzene rings is 3. The molecular weight excluding hydrogens is 437 g/mol. The number of para-hydroxylation sites is 1. The molecule has 6 rings (SSSR count). The highest BCUT2D eigenvalue weighted by Gasteiger charge is 2.70. The van der Waals surface area contributed by atoms with E-state index in [1.807, 2.05) is 0 Å². The molecule has 0 aliphatic carbocycles. The predicted molar refractivity (Wildman–Crippen MR) is 121 cm³/mol. The maximum absolute atomic E-state index is 13.8. The average molecular weight is 457 g/mol. The van der Waals surface area contributed by atoms with E-state index >= 15 is 0 Å². The summed E-state index contributed by atoms with van der Waals surface area (Å²) in [7, 11) is 0. The molecule has 0 radical (unpaired) electrons. The van der Waals surface area contributed by atoms with E-state index in [4.69, 9.17) is 0 Å². The Hall–Kier alpha value is -4.04. The SMILES string of the molecule is O=C1[C@@H]2[C@H](Cc3ccc(O)cc3)N[C@]3(C(=O)Nc4ccccc43)[C@@H]2C(=O)N1c1ccc(F)cc1. The molecule has 3 N–H and O–H groups in total. The van der Waals surface area contributed by atoms with Crippen LogP contribution in [0.3, 0.4) is 0 Å². The van der Waals surface area contributed by atoms with Crippen LogP contribution in [0, 0.1) is 17.7 Å². The van der Waals surface area contributed by atoms with Gasteiger partial charge in [-0.15, -0.1) is 0 Å². The number of rotatable bonds is 3. The number of amides is 3. The largest absolute Gasteiger partial charge is 0.508 e. The Balaban J connectivity index is 1.48. The van der Waals surface area contributed by atoms with Crippen LogP contribution in [0.4, 0.5) is 15.8 Å². The molecule has 3 aliphatic rings. The van der Waals surface area contributed by atoms with Crippen LogP contribution in [0.1, 0.15) is 11.1 Å². The Morgan fingerprint density at radius 3 is 2.35 bits per heavy atom. The fourth-order valence-corrected chi connectivity index (χ4v) is 5.66. The Labute approximate surface area is 194 Å². The second-order valence-corrected chi connectivity index (χ2v) is 8.92. The molecule has 0 bridgehead atoms. The molecule has 2 fully saturated rings. The number of imide groups is 1. The fraction of sp³-hybridized carbons (Fsp3) is 0.192. The van der Waals surface area contributed by atoms with Crippen molar-refractivity contribution in [1.82, 2.24) is 5.32 Å². The van der Waals surface area contributed by atoms with Crippen molar-refractivity contribution in [1.29, 1.82) is 0 Å². The third-order valence-electron chi connectivity index (χ3n) is 7.10. The van der Waals surface area contributed by atoms with Gasteiger partial charge in [-0.2, -0.15) is 0 Å². The molecule has 3 aromatic rings. The maximum Gasteiger partial charge on any atom is 0.250 e. The van der Waals surface area contributed by atoms with E-state index < -0.39 is 41.0 Å². The molecule has 1 spiro atoms. The molecule has 170 valence electrons. The third-order valence-corrected chi connectivity index (χ3v) is 7.10. The zero-order valence-corrected chi connectivity index (χ0v) is 17.9. The van der Waals surface area contributed by atoms with Gasteiger partial charge in [0.1, 0.15) is 17.1 Å². The molecular formula is C26H20FN3O4. The summed E-state index contributed by atoms with van der Waals surface area (Å²) in [4.78, 5) is 42.0. The van der Waals surface area contributed by atoms with Gasteiger partial charge in [0, 0.05) is 17.3 Å². The lowest BCUT2D eigenvalue weighted by Crippen LogP contribution is -2.53. The van der Waals surface area contributed by atoms with E-state index in [1.54, 1.807) is 48.5 Å². The number of hydrogen-bond acceptors (Lipinski definition) is 5. The lowest BCUT2D eigenvalue weighted by atomic mass is 9.76. The van der Waals surface area contributed by atoms with Crippen LogP contribution >= 0.6 is 0 Å². The van der Waals surface area contributed by atoms with E-state index in [2.05, 4.69) is 10.6 Å². The summed E-state index contributed by atoms with van der Waals surface area (Å²) in [6, 6.07) is 18.4. The molecule has 3 aliphatic heterocycles. The molecule has 2 saturated heterocycles. The zero-order chi connectivity index (χ0) is 23.6. The topological polar surface area (TPSA) is 98.7 Å². The summed E-state index contributed by atoms with van der Waals surface area (Å²) in [5.74, 6) is -3.41. The molecule has 7 nitrogen and oxygen atoms in total. The average Bonchev–Trinajstić information content (AvgIpc) is 3.41. The fourth-order valence-electron chi connectivity index (χ4n) is 5.66. The monoisotopic (exact) mass is 457 g/mol. The number of fused-ring (bicyclic) bond motifs is 4. The summed E-state index contributed by atoms with van der Waals surface area (Å²) in [5.41, 5.74) is 0.953. The molecule has 3 heterocycles. The highest BCUT2D eigenvalue weighted by Crippen LogP contribution is 2.53. The standard InChI is InChI=1S/C26H20FN3O4/c27-15-7-9-16(10-8-15)30-23(32)21-20(13-14-5-11-17(31)12-6-14)29-26(22(21)24(30)33)18-3-1-2-4-19(18)28-25(26)34/h1-12,20-22,29,31H,13H2,(H,28,34)/t20-,21+,22-,26-/m0/s1.